The van der Waals surface area contributed by atoms with Crippen LogP contribution in [-0.4, -0.2) is 31.8 Å². The number of nitrogens with two attached hydrogens (primary N) is 1. The third kappa shape index (κ3) is 4.05. The van der Waals surface area contributed by atoms with E-state index in [0.717, 1.165) is 33.1 Å². The van der Waals surface area contributed by atoms with Gasteiger partial charge in [-0.05, 0) is 71.2 Å². The van der Waals surface area contributed by atoms with Gasteiger partial charge in [-0.15, -0.1) is 0 Å². The average molecular weight is 530 g/mol. The number of esters is 1. The molecule has 1 aliphatic heterocycles. The van der Waals surface area contributed by atoms with E-state index in [1.807, 2.05) is 26.0 Å². The van der Waals surface area contributed by atoms with Gasteiger partial charge in [0, 0.05) is 22.3 Å². The van der Waals surface area contributed by atoms with E-state index < -0.39 is 5.60 Å². The lowest BCUT2D eigenvalue weighted by atomic mass is 9.83. The molecule has 4 nitrogen and oxygen atoms in total. The maximum atomic E-state index is 12.7. The molecule has 0 saturated carbocycles. The molecule has 1 aromatic rings. The molecule has 0 spiro atoms. The first-order valence-corrected chi connectivity index (χ1v) is 9.59. The molecule has 2 N–H and O–H groups in total. The number of halogens is 2. The monoisotopic (exact) mass is 530 g/mol. The van der Waals surface area contributed by atoms with Crippen LogP contribution in [0.3, 0.4) is 0 Å². The summed E-state index contributed by atoms with van der Waals surface area (Å²) in [5, 5.41) is 2.32. The lowest BCUT2D eigenvalue weighted by Crippen LogP contribution is -2.86. The Kier molecular flexibility index (Phi) is 6.35. The van der Waals surface area contributed by atoms with Crippen LogP contribution in [0.15, 0.2) is 12.1 Å². The summed E-state index contributed by atoms with van der Waals surface area (Å²) in [7, 11) is 1.59. The summed E-state index contributed by atoms with van der Waals surface area (Å²) < 4.78 is 13.1. The van der Waals surface area contributed by atoms with Gasteiger partial charge in [0.25, 0.3) is 0 Å². The van der Waals surface area contributed by atoms with Gasteiger partial charge in [0.05, 0.1) is 23.8 Å². The van der Waals surface area contributed by atoms with Gasteiger partial charge in [-0.2, -0.15) is 0 Å². The quantitative estimate of drug-likeness (QED) is 0.482. The second-order valence-corrected chi connectivity index (χ2v) is 8.40. The van der Waals surface area contributed by atoms with Crippen molar-refractivity contribution in [2.75, 3.05) is 20.2 Å². The minimum Gasteiger partial charge on any atom is -0.495 e. The Labute approximate surface area is 159 Å². The maximum absolute atomic E-state index is 12.7. The fraction of sp³-hybridized carbons (Fsp3) is 0.562. The van der Waals surface area contributed by atoms with Crippen molar-refractivity contribution in [3.8, 4) is 5.75 Å². The molecule has 0 unspecified atom stereocenters. The molecule has 1 fully saturated rings. The fourth-order valence-corrected chi connectivity index (χ4v) is 4.23. The standard InChI is InChI=1S/C16H21I2NO3/c1-16(2,10-6-8-19-9-7-10)22-15(20)13-11(17)4-5-12(18)14(13)21-3/h4-5,10,19H,6-9H2,1-3H3/p+1. The molecule has 0 aromatic heterocycles. The fourth-order valence-electron chi connectivity index (χ4n) is 2.92. The number of rotatable bonds is 4. The van der Waals surface area contributed by atoms with Crippen molar-refractivity contribution in [2.24, 2.45) is 5.92 Å². The SMILES string of the molecule is COc1c(I)ccc(I)c1C(=O)OC(C)(C)C1CC[NH2+]CC1. The predicted molar refractivity (Wildman–Crippen MR) is 102 cm³/mol. The second kappa shape index (κ2) is 7.65. The van der Waals surface area contributed by atoms with Crippen LogP contribution in [0, 0.1) is 13.1 Å². The van der Waals surface area contributed by atoms with Crippen molar-refractivity contribution < 1.29 is 19.6 Å². The van der Waals surface area contributed by atoms with Crippen molar-refractivity contribution in [3.05, 3.63) is 24.8 Å². The van der Waals surface area contributed by atoms with Crippen LogP contribution in [0.5, 0.6) is 5.75 Å². The Morgan fingerprint density at radius 3 is 2.41 bits per heavy atom. The van der Waals surface area contributed by atoms with E-state index in [-0.39, 0.29) is 5.97 Å². The Morgan fingerprint density at radius 1 is 1.23 bits per heavy atom. The largest absolute Gasteiger partial charge is 0.495 e. The number of carbonyl (C=O) groups excluding carboxylic acids is 1. The molecular weight excluding hydrogens is 508 g/mol. The zero-order chi connectivity index (χ0) is 16.3. The van der Waals surface area contributed by atoms with Gasteiger partial charge in [-0.1, -0.05) is 0 Å². The lowest BCUT2D eigenvalue weighted by Gasteiger charge is -2.35. The average Bonchev–Trinajstić information content (AvgIpc) is 2.49. The van der Waals surface area contributed by atoms with Crippen LogP contribution in [0.1, 0.15) is 37.0 Å². The van der Waals surface area contributed by atoms with Crippen molar-refractivity contribution >= 4 is 51.2 Å². The van der Waals surface area contributed by atoms with Gasteiger partial charge in [-0.3, -0.25) is 0 Å². The minimum atomic E-state index is -0.458. The van der Waals surface area contributed by atoms with Gasteiger partial charge < -0.3 is 14.8 Å². The molecule has 1 aromatic carbocycles. The smallest absolute Gasteiger partial charge is 0.343 e. The van der Waals surface area contributed by atoms with E-state index in [9.17, 15) is 4.79 Å². The highest BCUT2D eigenvalue weighted by Gasteiger charge is 2.36. The minimum absolute atomic E-state index is 0.292. The highest BCUT2D eigenvalue weighted by molar-refractivity contribution is 14.1. The number of hydrogen-bond acceptors (Lipinski definition) is 3. The molecule has 1 aliphatic rings. The lowest BCUT2D eigenvalue weighted by molar-refractivity contribution is -0.665. The molecule has 6 heteroatoms. The van der Waals surface area contributed by atoms with E-state index in [4.69, 9.17) is 9.47 Å². The Morgan fingerprint density at radius 2 is 1.82 bits per heavy atom. The van der Waals surface area contributed by atoms with Crippen molar-refractivity contribution in [1.29, 1.82) is 0 Å². The van der Waals surface area contributed by atoms with Crippen LogP contribution in [0.2, 0.25) is 0 Å². The molecule has 0 amide bonds. The van der Waals surface area contributed by atoms with Crippen molar-refractivity contribution in [2.45, 2.75) is 32.3 Å². The van der Waals surface area contributed by atoms with E-state index >= 15 is 0 Å². The van der Waals surface area contributed by atoms with Crippen LogP contribution in [0.4, 0.5) is 0 Å². The number of ether oxygens (including phenoxy) is 2. The highest BCUT2D eigenvalue weighted by atomic mass is 127. The first-order chi connectivity index (χ1) is 10.4. The summed E-state index contributed by atoms with van der Waals surface area (Å²) in [6.07, 6.45) is 2.17. The van der Waals surface area contributed by atoms with Gasteiger partial charge in [0.2, 0.25) is 0 Å². The molecule has 2 rings (SSSR count). The molecule has 0 bridgehead atoms. The van der Waals surface area contributed by atoms with E-state index in [0.29, 0.717) is 17.2 Å². The van der Waals surface area contributed by atoms with Crippen molar-refractivity contribution in [1.82, 2.24) is 0 Å². The molecule has 22 heavy (non-hydrogen) atoms. The summed E-state index contributed by atoms with van der Waals surface area (Å²) in [6.45, 7) is 6.26. The van der Waals surface area contributed by atoms with Crippen LogP contribution in [0.25, 0.3) is 0 Å². The summed E-state index contributed by atoms with van der Waals surface area (Å²) in [4.78, 5) is 12.7. The number of methoxy groups -OCH3 is 1. The molecule has 0 radical (unpaired) electrons. The number of carbonyl (C=O) groups is 1. The van der Waals surface area contributed by atoms with E-state index in [1.54, 1.807) is 7.11 Å². The number of quaternary nitrogens is 1. The first kappa shape index (κ1) is 18.3. The maximum Gasteiger partial charge on any atom is 0.343 e. The Bertz CT molecular complexity index is 555. The molecule has 122 valence electrons. The second-order valence-electron chi connectivity index (χ2n) is 6.07. The van der Waals surface area contributed by atoms with Crippen molar-refractivity contribution in [3.63, 3.8) is 0 Å². The number of benzene rings is 1. The van der Waals surface area contributed by atoms with E-state index in [2.05, 4.69) is 50.5 Å². The topological polar surface area (TPSA) is 52.1 Å². The zero-order valence-corrected chi connectivity index (χ0v) is 17.4. The normalized spacial score (nSPS) is 16.4. The first-order valence-electron chi connectivity index (χ1n) is 7.44. The van der Waals surface area contributed by atoms with Gasteiger partial charge in [-0.25, -0.2) is 4.79 Å². The molecule has 0 aliphatic carbocycles. The third-order valence-electron chi connectivity index (χ3n) is 4.24. The highest BCUT2D eigenvalue weighted by Crippen LogP contribution is 2.34. The van der Waals surface area contributed by atoms with Crippen LogP contribution in [-0.2, 0) is 4.74 Å². The van der Waals surface area contributed by atoms with Gasteiger partial charge >= 0.3 is 5.97 Å². The predicted octanol–water partition coefficient (Wildman–Crippen LogP) is 2.81. The summed E-state index contributed by atoms with van der Waals surface area (Å²) in [6, 6.07) is 3.87. The number of hydrogen-bond donors (Lipinski definition) is 1. The number of piperidine rings is 1. The Hall–Kier alpha value is -0.0900. The summed E-state index contributed by atoms with van der Waals surface area (Å²) in [5.41, 5.74) is 0.0752. The van der Waals surface area contributed by atoms with Crippen LogP contribution >= 0.6 is 45.2 Å². The third-order valence-corrected chi connectivity index (χ3v) is 5.99. The molecule has 1 saturated heterocycles. The van der Waals surface area contributed by atoms with Crippen LogP contribution < -0.4 is 10.1 Å². The molecule has 1 heterocycles. The van der Waals surface area contributed by atoms with Gasteiger partial charge in [0.15, 0.2) is 0 Å². The van der Waals surface area contributed by atoms with E-state index in [1.165, 1.54) is 0 Å². The molecular formula is C16H22I2NO3+. The zero-order valence-electron chi connectivity index (χ0n) is 13.1. The summed E-state index contributed by atoms with van der Waals surface area (Å²) in [5.74, 6) is 0.720. The summed E-state index contributed by atoms with van der Waals surface area (Å²) >= 11 is 4.33. The van der Waals surface area contributed by atoms with Gasteiger partial charge in [0.1, 0.15) is 16.9 Å². The Balaban J connectivity index is 2.23. The molecule has 0 atom stereocenters.